The van der Waals surface area contributed by atoms with Crippen molar-refractivity contribution < 1.29 is 4.42 Å². The smallest absolute Gasteiger partial charge is 0.136 e. The first-order chi connectivity index (χ1) is 25.8. The van der Waals surface area contributed by atoms with E-state index in [2.05, 4.69) is 187 Å². The van der Waals surface area contributed by atoms with Crippen LogP contribution in [0.3, 0.4) is 0 Å². The van der Waals surface area contributed by atoms with Gasteiger partial charge in [0.05, 0.1) is 16.7 Å². The van der Waals surface area contributed by atoms with Crippen molar-refractivity contribution in [2.45, 2.75) is 0 Å². The Morgan fingerprint density at radius 2 is 0.769 bits per heavy atom. The zero-order valence-corrected chi connectivity index (χ0v) is 28.3. The minimum atomic E-state index is 0.884. The summed E-state index contributed by atoms with van der Waals surface area (Å²) in [5.74, 6) is 0. The summed E-state index contributed by atoms with van der Waals surface area (Å²) in [6.45, 7) is 0. The van der Waals surface area contributed by atoms with Crippen LogP contribution in [-0.4, -0.2) is 4.57 Å². The van der Waals surface area contributed by atoms with Gasteiger partial charge in [-0.2, -0.15) is 0 Å². The summed E-state index contributed by atoms with van der Waals surface area (Å²) in [7, 11) is 0. The van der Waals surface area contributed by atoms with E-state index in [0.717, 1.165) is 38.8 Å². The van der Waals surface area contributed by atoms with Crippen molar-refractivity contribution in [2.24, 2.45) is 0 Å². The lowest BCUT2D eigenvalue weighted by Gasteiger charge is -2.19. The molecule has 242 valence electrons. The number of furan rings is 1. The minimum absolute atomic E-state index is 0.884. The molecule has 9 aromatic carbocycles. The van der Waals surface area contributed by atoms with Crippen molar-refractivity contribution in [2.75, 3.05) is 0 Å². The molecule has 0 N–H and O–H groups in total. The molecule has 11 aromatic rings. The topological polar surface area (TPSA) is 18.1 Å². The SMILES string of the molecule is c1ccc(-c2c3ccccc3c(-c3cccc(-c4c(-n5c6ccccc6c6ccccc65)ccc5oc6ccccc6c45)c3)c3ccccc23)cc1. The van der Waals surface area contributed by atoms with Gasteiger partial charge in [0.2, 0.25) is 0 Å². The zero-order chi connectivity index (χ0) is 34.2. The van der Waals surface area contributed by atoms with Gasteiger partial charge in [0.15, 0.2) is 0 Å². The summed E-state index contributed by atoms with van der Waals surface area (Å²) in [5, 5.41) is 9.71. The van der Waals surface area contributed by atoms with Gasteiger partial charge >= 0.3 is 0 Å². The summed E-state index contributed by atoms with van der Waals surface area (Å²) in [6.07, 6.45) is 0. The Balaban J connectivity index is 1.25. The number of hydrogen-bond donors (Lipinski definition) is 0. The molecule has 0 atom stereocenters. The monoisotopic (exact) mass is 661 g/mol. The molecule has 0 unspecified atom stereocenters. The molecule has 0 spiro atoms. The average molecular weight is 662 g/mol. The van der Waals surface area contributed by atoms with Crippen LogP contribution < -0.4 is 0 Å². The maximum absolute atomic E-state index is 6.54. The molecule has 0 aliphatic carbocycles. The largest absolute Gasteiger partial charge is 0.456 e. The highest BCUT2D eigenvalue weighted by Crippen LogP contribution is 2.47. The fourth-order valence-electron chi connectivity index (χ4n) is 8.65. The van der Waals surface area contributed by atoms with Crippen molar-refractivity contribution in [3.63, 3.8) is 0 Å². The first kappa shape index (κ1) is 28.9. The maximum atomic E-state index is 6.54. The predicted molar refractivity (Wildman–Crippen MR) is 219 cm³/mol. The lowest BCUT2D eigenvalue weighted by molar-refractivity contribution is 0.669. The van der Waals surface area contributed by atoms with E-state index in [-0.39, 0.29) is 0 Å². The highest BCUT2D eigenvalue weighted by Gasteiger charge is 2.22. The van der Waals surface area contributed by atoms with Crippen molar-refractivity contribution in [1.82, 2.24) is 4.57 Å². The molecule has 0 aliphatic heterocycles. The standard InChI is InChI=1S/C50H31NO/c1-2-15-32(16-3-1)47-37-21-4-6-23-39(37)48(40-24-7-5-22-38(40)47)33-17-14-18-34(31-33)49-44(29-30-46-50(49)41-25-10-13-28-45(41)52-46)51-42-26-11-8-19-35(42)36-20-9-12-27-43(36)51/h1-31H. The quantitative estimate of drug-likeness (QED) is 0.172. The Labute approximate surface area is 300 Å². The molecule has 52 heavy (non-hydrogen) atoms. The van der Waals surface area contributed by atoms with Crippen molar-refractivity contribution in [3.8, 4) is 39.1 Å². The lowest BCUT2D eigenvalue weighted by Crippen LogP contribution is -1.98. The van der Waals surface area contributed by atoms with Gasteiger partial charge in [-0.3, -0.25) is 0 Å². The molecule has 2 heterocycles. The molecule has 2 aromatic heterocycles. The molecule has 0 radical (unpaired) electrons. The van der Waals surface area contributed by atoms with Crippen LogP contribution in [0.1, 0.15) is 0 Å². The van der Waals surface area contributed by atoms with Gasteiger partial charge in [-0.05, 0) is 85.8 Å². The van der Waals surface area contributed by atoms with Crippen LogP contribution in [0.5, 0.6) is 0 Å². The Morgan fingerprint density at radius 1 is 0.308 bits per heavy atom. The van der Waals surface area contributed by atoms with E-state index >= 15 is 0 Å². The highest BCUT2D eigenvalue weighted by molar-refractivity contribution is 6.22. The zero-order valence-electron chi connectivity index (χ0n) is 28.3. The third-order valence-electron chi connectivity index (χ3n) is 10.8. The van der Waals surface area contributed by atoms with Gasteiger partial charge < -0.3 is 8.98 Å². The summed E-state index contributed by atoms with van der Waals surface area (Å²) < 4.78 is 8.98. The number of benzene rings is 9. The molecule has 0 amide bonds. The van der Waals surface area contributed by atoms with Gasteiger partial charge in [0.1, 0.15) is 11.2 Å². The number of aromatic nitrogens is 1. The molecular formula is C50H31NO. The predicted octanol–water partition coefficient (Wildman–Crippen LogP) is 14.0. The minimum Gasteiger partial charge on any atom is -0.456 e. The van der Waals surface area contributed by atoms with Crippen molar-refractivity contribution >= 4 is 65.3 Å². The van der Waals surface area contributed by atoms with Crippen LogP contribution in [0.15, 0.2) is 192 Å². The fraction of sp³-hybridized carbons (Fsp3) is 0. The highest BCUT2D eigenvalue weighted by atomic mass is 16.3. The van der Waals surface area contributed by atoms with Gasteiger partial charge in [-0.15, -0.1) is 0 Å². The number of nitrogens with zero attached hydrogens (tertiary/aromatic N) is 1. The van der Waals surface area contributed by atoms with Gasteiger partial charge in [-0.1, -0.05) is 152 Å². The molecule has 11 rings (SSSR count). The van der Waals surface area contributed by atoms with Crippen LogP contribution in [0.25, 0.3) is 104 Å². The normalized spacial score (nSPS) is 11.8. The van der Waals surface area contributed by atoms with Crippen LogP contribution in [0.4, 0.5) is 0 Å². The Kier molecular flexibility index (Phi) is 6.28. The number of fused-ring (bicyclic) bond motifs is 8. The van der Waals surface area contributed by atoms with E-state index in [9.17, 15) is 0 Å². The molecule has 0 fully saturated rings. The fourth-order valence-corrected chi connectivity index (χ4v) is 8.65. The third-order valence-corrected chi connectivity index (χ3v) is 10.8. The van der Waals surface area contributed by atoms with Crippen LogP contribution in [0.2, 0.25) is 0 Å². The second-order valence-electron chi connectivity index (χ2n) is 13.6. The van der Waals surface area contributed by atoms with E-state index in [1.165, 1.54) is 65.6 Å². The third kappa shape index (κ3) is 4.19. The second kappa shape index (κ2) is 11.3. The number of rotatable bonds is 4. The van der Waals surface area contributed by atoms with E-state index in [1.54, 1.807) is 0 Å². The van der Waals surface area contributed by atoms with E-state index in [1.807, 2.05) is 6.07 Å². The van der Waals surface area contributed by atoms with E-state index < -0.39 is 0 Å². The average Bonchev–Trinajstić information content (AvgIpc) is 3.76. The number of hydrogen-bond acceptors (Lipinski definition) is 1. The molecule has 0 bridgehead atoms. The van der Waals surface area contributed by atoms with E-state index in [4.69, 9.17) is 4.42 Å². The first-order valence-electron chi connectivity index (χ1n) is 17.9. The first-order valence-corrected chi connectivity index (χ1v) is 17.9. The van der Waals surface area contributed by atoms with Gasteiger partial charge in [0.25, 0.3) is 0 Å². The maximum Gasteiger partial charge on any atom is 0.136 e. The summed E-state index contributed by atoms with van der Waals surface area (Å²) in [5.41, 5.74) is 12.5. The summed E-state index contributed by atoms with van der Waals surface area (Å²) in [6, 6.07) is 68.0. The van der Waals surface area contributed by atoms with Crippen LogP contribution in [0, 0.1) is 0 Å². The van der Waals surface area contributed by atoms with Crippen molar-refractivity contribution in [1.29, 1.82) is 0 Å². The lowest BCUT2D eigenvalue weighted by atomic mass is 9.85. The summed E-state index contributed by atoms with van der Waals surface area (Å²) in [4.78, 5) is 0. The summed E-state index contributed by atoms with van der Waals surface area (Å²) >= 11 is 0. The van der Waals surface area contributed by atoms with Gasteiger partial charge in [-0.25, -0.2) is 0 Å². The molecule has 2 heteroatoms. The molecular weight excluding hydrogens is 631 g/mol. The Bertz CT molecular complexity index is 3070. The Morgan fingerprint density at radius 3 is 1.38 bits per heavy atom. The molecule has 0 saturated carbocycles. The van der Waals surface area contributed by atoms with Crippen LogP contribution in [-0.2, 0) is 0 Å². The van der Waals surface area contributed by atoms with E-state index in [0.29, 0.717) is 0 Å². The molecule has 2 nitrogen and oxygen atoms in total. The molecule has 0 saturated heterocycles. The van der Waals surface area contributed by atoms with Gasteiger partial charge in [0, 0.05) is 27.1 Å². The van der Waals surface area contributed by atoms with Crippen molar-refractivity contribution in [3.05, 3.63) is 188 Å². The molecule has 0 aliphatic rings. The number of para-hydroxylation sites is 3. The van der Waals surface area contributed by atoms with Crippen LogP contribution >= 0.6 is 0 Å². The second-order valence-corrected chi connectivity index (χ2v) is 13.6. The Hall–Kier alpha value is -6.90.